The third kappa shape index (κ3) is 2.87. The highest BCUT2D eigenvalue weighted by Crippen LogP contribution is 1.99. The monoisotopic (exact) mass is 179 g/mol. The Morgan fingerprint density at radius 2 is 1.91 bits per heavy atom. The first-order chi connectivity index (χ1) is 5.33. The minimum absolute atomic E-state index is 0.700. The van der Waals surface area contributed by atoms with E-state index in [9.17, 15) is 0 Å². The van der Waals surface area contributed by atoms with Crippen LogP contribution in [0.2, 0.25) is 0 Å². The summed E-state index contributed by atoms with van der Waals surface area (Å²) in [6.07, 6.45) is 0.736. The van der Waals surface area contributed by atoms with Gasteiger partial charge in [0.25, 0.3) is 0 Å². The van der Waals surface area contributed by atoms with Gasteiger partial charge in [0.05, 0.1) is 5.37 Å². The highest BCUT2D eigenvalue weighted by Gasteiger charge is 1.93. The molecule has 0 unspecified atom stereocenters. The summed E-state index contributed by atoms with van der Waals surface area (Å²) < 4.78 is 0. The molecule has 0 N–H and O–H groups in total. The van der Waals surface area contributed by atoms with E-state index in [0.29, 0.717) is 4.86 Å². The SMILES string of the molecule is S=[C]C(=S)Cc1ccccc1. The van der Waals surface area contributed by atoms with Gasteiger partial charge in [0, 0.05) is 11.3 Å². The molecule has 1 aromatic carbocycles. The number of rotatable bonds is 3. The molecule has 1 radical (unpaired) electrons. The van der Waals surface area contributed by atoms with Crippen LogP contribution in [0.1, 0.15) is 5.56 Å². The molecule has 2 heteroatoms. The van der Waals surface area contributed by atoms with Crippen molar-refractivity contribution in [2.45, 2.75) is 6.42 Å². The molecule has 0 amide bonds. The summed E-state index contributed by atoms with van der Waals surface area (Å²) in [5, 5.41) is 2.53. The van der Waals surface area contributed by atoms with Gasteiger partial charge in [-0.1, -0.05) is 54.8 Å². The smallest absolute Gasteiger partial charge is 0.0711 e. The summed E-state index contributed by atoms with van der Waals surface area (Å²) in [5.74, 6) is 0. The van der Waals surface area contributed by atoms with Gasteiger partial charge in [0.2, 0.25) is 0 Å². The minimum Gasteiger partial charge on any atom is -0.0829 e. The fraction of sp³-hybridized carbons (Fsp3) is 0.111. The molecular weight excluding hydrogens is 172 g/mol. The number of hydrogen-bond acceptors (Lipinski definition) is 2. The van der Waals surface area contributed by atoms with Crippen LogP contribution in [0, 0.1) is 0 Å². The van der Waals surface area contributed by atoms with Crippen LogP contribution in [0.25, 0.3) is 0 Å². The second kappa shape index (κ2) is 4.31. The first kappa shape index (κ1) is 8.50. The molecule has 1 rings (SSSR count). The maximum atomic E-state index is 4.92. The zero-order chi connectivity index (χ0) is 8.10. The van der Waals surface area contributed by atoms with E-state index in [-0.39, 0.29) is 0 Å². The Hall–Kier alpha value is -0.600. The molecule has 0 heterocycles. The Morgan fingerprint density at radius 1 is 1.27 bits per heavy atom. The van der Waals surface area contributed by atoms with E-state index in [1.807, 2.05) is 30.3 Å². The number of benzene rings is 1. The van der Waals surface area contributed by atoms with Crippen molar-refractivity contribution in [1.29, 1.82) is 0 Å². The van der Waals surface area contributed by atoms with E-state index in [0.717, 1.165) is 6.42 Å². The van der Waals surface area contributed by atoms with E-state index in [1.54, 1.807) is 0 Å². The van der Waals surface area contributed by atoms with Gasteiger partial charge in [0.1, 0.15) is 0 Å². The lowest BCUT2D eigenvalue weighted by molar-refractivity contribution is 1.37. The van der Waals surface area contributed by atoms with E-state index in [1.165, 1.54) is 5.56 Å². The topological polar surface area (TPSA) is 0 Å². The molecule has 0 saturated heterocycles. The summed E-state index contributed by atoms with van der Waals surface area (Å²) in [4.78, 5) is 0.700. The molecule has 55 valence electrons. The van der Waals surface area contributed by atoms with Crippen LogP contribution in [0.3, 0.4) is 0 Å². The van der Waals surface area contributed by atoms with E-state index in [2.05, 4.69) is 17.6 Å². The Morgan fingerprint density at radius 3 is 2.45 bits per heavy atom. The standard InChI is InChI=1S/C9H7S2/c10-7-9(11)6-8-4-2-1-3-5-8/h1-5H,6H2. The first-order valence-corrected chi connectivity index (χ1v) is 4.09. The highest BCUT2D eigenvalue weighted by molar-refractivity contribution is 7.88. The fourth-order valence-electron chi connectivity index (χ4n) is 0.817. The molecule has 0 aliphatic carbocycles. The number of thiocarbonyl (C=S) groups is 2. The van der Waals surface area contributed by atoms with Crippen LogP contribution in [-0.2, 0) is 6.42 Å². The van der Waals surface area contributed by atoms with Crippen molar-refractivity contribution >= 4 is 34.7 Å². The van der Waals surface area contributed by atoms with Crippen LogP contribution in [0.5, 0.6) is 0 Å². The van der Waals surface area contributed by atoms with Crippen molar-refractivity contribution in [2.24, 2.45) is 0 Å². The van der Waals surface area contributed by atoms with Crippen LogP contribution >= 0.6 is 24.4 Å². The van der Waals surface area contributed by atoms with Crippen molar-refractivity contribution in [3.8, 4) is 0 Å². The molecule has 0 aromatic heterocycles. The average Bonchev–Trinajstić information content (AvgIpc) is 2.06. The average molecular weight is 179 g/mol. The van der Waals surface area contributed by atoms with Gasteiger partial charge in [-0.25, -0.2) is 0 Å². The predicted molar refractivity (Wildman–Crippen MR) is 55.3 cm³/mol. The van der Waals surface area contributed by atoms with Gasteiger partial charge >= 0.3 is 0 Å². The molecule has 0 aliphatic heterocycles. The lowest BCUT2D eigenvalue weighted by Crippen LogP contribution is -1.98. The van der Waals surface area contributed by atoms with Crippen LogP contribution in [-0.4, -0.2) is 10.2 Å². The molecule has 0 fully saturated rings. The van der Waals surface area contributed by atoms with E-state index in [4.69, 9.17) is 12.2 Å². The highest BCUT2D eigenvalue weighted by atomic mass is 32.1. The van der Waals surface area contributed by atoms with Gasteiger partial charge in [-0.3, -0.25) is 0 Å². The van der Waals surface area contributed by atoms with Crippen molar-refractivity contribution in [2.75, 3.05) is 0 Å². The molecule has 1 aromatic rings. The third-order valence-corrected chi connectivity index (χ3v) is 1.94. The molecule has 0 nitrogen and oxygen atoms in total. The van der Waals surface area contributed by atoms with Gasteiger partial charge in [-0.15, -0.1) is 0 Å². The van der Waals surface area contributed by atoms with Crippen molar-refractivity contribution in [1.82, 2.24) is 0 Å². The second-order valence-electron chi connectivity index (χ2n) is 2.19. The molecule has 0 aliphatic rings. The third-order valence-electron chi connectivity index (χ3n) is 1.32. The van der Waals surface area contributed by atoms with Crippen LogP contribution < -0.4 is 0 Å². The molecule has 11 heavy (non-hydrogen) atoms. The summed E-state index contributed by atoms with van der Waals surface area (Å²) in [5.41, 5.74) is 1.19. The lowest BCUT2D eigenvalue weighted by atomic mass is 10.1. The molecule has 0 saturated carbocycles. The Balaban J connectivity index is 2.65. The van der Waals surface area contributed by atoms with Gasteiger partial charge < -0.3 is 0 Å². The van der Waals surface area contributed by atoms with Gasteiger partial charge in [-0.05, 0) is 5.56 Å². The Kier molecular flexibility index (Phi) is 3.33. The van der Waals surface area contributed by atoms with Crippen molar-refractivity contribution < 1.29 is 0 Å². The molecule has 0 atom stereocenters. The summed E-state index contributed by atoms with van der Waals surface area (Å²) in [6.45, 7) is 0. The second-order valence-corrected chi connectivity index (χ2v) is 2.88. The normalized spacial score (nSPS) is 9.09. The maximum Gasteiger partial charge on any atom is 0.0711 e. The van der Waals surface area contributed by atoms with Crippen molar-refractivity contribution in [3.63, 3.8) is 0 Å². The zero-order valence-electron chi connectivity index (χ0n) is 5.91. The van der Waals surface area contributed by atoms with Crippen molar-refractivity contribution in [3.05, 3.63) is 35.9 Å². The van der Waals surface area contributed by atoms with Crippen LogP contribution in [0.4, 0.5) is 0 Å². The van der Waals surface area contributed by atoms with E-state index >= 15 is 0 Å². The van der Waals surface area contributed by atoms with Crippen LogP contribution in [0.15, 0.2) is 30.3 Å². The van der Waals surface area contributed by atoms with Gasteiger partial charge in [0.15, 0.2) is 0 Å². The zero-order valence-corrected chi connectivity index (χ0v) is 7.54. The lowest BCUT2D eigenvalue weighted by Gasteiger charge is -1.95. The largest absolute Gasteiger partial charge is 0.0829 e. The summed E-state index contributed by atoms with van der Waals surface area (Å²) in [7, 11) is 0. The van der Waals surface area contributed by atoms with Gasteiger partial charge in [-0.2, -0.15) is 0 Å². The quantitative estimate of drug-likeness (QED) is 0.654. The Bertz CT molecular complexity index is 252. The molecular formula is C9H7S2. The maximum absolute atomic E-state index is 4.92. The Labute approximate surface area is 77.2 Å². The summed E-state index contributed by atoms with van der Waals surface area (Å²) in [6, 6.07) is 10.0. The van der Waals surface area contributed by atoms with E-state index < -0.39 is 0 Å². The fourth-order valence-corrected chi connectivity index (χ4v) is 1.06. The predicted octanol–water partition coefficient (Wildman–Crippen LogP) is 2.48. The minimum atomic E-state index is 0.700. The number of hydrogen-bond donors (Lipinski definition) is 0. The molecule has 0 bridgehead atoms. The first-order valence-electron chi connectivity index (χ1n) is 3.28. The summed E-state index contributed by atoms with van der Waals surface area (Å²) >= 11 is 9.50. The molecule has 0 spiro atoms.